The lowest BCUT2D eigenvalue weighted by Crippen LogP contribution is -2.27. The number of methoxy groups -OCH3 is 1. The number of carbonyl (C=O) groups is 1. The summed E-state index contributed by atoms with van der Waals surface area (Å²) < 4.78 is 18.4. The monoisotopic (exact) mass is 507 g/mol. The van der Waals surface area contributed by atoms with Gasteiger partial charge in [-0.25, -0.2) is 4.39 Å². The van der Waals surface area contributed by atoms with Crippen LogP contribution in [-0.4, -0.2) is 35.2 Å². The largest absolute Gasteiger partial charge is 0.496 e. The first-order valence-electron chi connectivity index (χ1n) is 12.0. The van der Waals surface area contributed by atoms with Gasteiger partial charge in [-0.3, -0.25) is 4.79 Å². The number of fused-ring (bicyclic) bond motifs is 1. The van der Waals surface area contributed by atoms with E-state index >= 15 is 0 Å². The molecule has 2 aromatic carbocycles. The van der Waals surface area contributed by atoms with Gasteiger partial charge in [0.15, 0.2) is 0 Å². The lowest BCUT2D eigenvalue weighted by atomic mass is 10.0. The number of nitrogens with zero attached hydrogens (tertiary/aromatic N) is 1. The number of benzene rings is 2. The molecule has 34 heavy (non-hydrogen) atoms. The van der Waals surface area contributed by atoms with Gasteiger partial charge in [0.2, 0.25) is 0 Å². The number of hydrogen-bond acceptors (Lipinski definition) is 5. The number of ether oxygens (including phenoxy) is 1. The highest BCUT2D eigenvalue weighted by Gasteiger charge is 2.29. The first-order chi connectivity index (χ1) is 16.2. The highest BCUT2D eigenvalue weighted by Crippen LogP contribution is 2.45. The van der Waals surface area contributed by atoms with E-state index in [1.165, 1.54) is 36.7 Å². The molecule has 4 nitrogen and oxygen atoms in total. The van der Waals surface area contributed by atoms with Crippen LogP contribution in [0.2, 0.25) is 0 Å². The second-order valence-electron chi connectivity index (χ2n) is 8.64. The van der Waals surface area contributed by atoms with Crippen molar-refractivity contribution in [2.75, 3.05) is 24.3 Å². The van der Waals surface area contributed by atoms with Crippen molar-refractivity contribution in [1.29, 1.82) is 0 Å². The SMILES string of the molecule is CC.CCCCC1CSc2cc(CSC(C)(C)C(=O)O)c(OC)cc2N(c2ccc(F)cc2)C1. The highest BCUT2D eigenvalue weighted by molar-refractivity contribution is 8.00. The van der Waals surface area contributed by atoms with Gasteiger partial charge in [-0.05, 0) is 56.5 Å². The van der Waals surface area contributed by atoms with Gasteiger partial charge in [-0.15, -0.1) is 23.5 Å². The molecule has 0 saturated heterocycles. The summed E-state index contributed by atoms with van der Waals surface area (Å²) >= 11 is 3.24. The quantitative estimate of drug-likeness (QED) is 0.371. The van der Waals surface area contributed by atoms with Crippen molar-refractivity contribution in [3.05, 3.63) is 47.8 Å². The van der Waals surface area contributed by atoms with Gasteiger partial charge in [0.05, 0.1) is 12.8 Å². The summed E-state index contributed by atoms with van der Waals surface area (Å²) in [6.07, 6.45) is 3.51. The third-order valence-corrected chi connectivity index (χ3v) is 8.40. The van der Waals surface area contributed by atoms with Crippen LogP contribution in [0.1, 0.15) is 59.4 Å². The normalized spacial score (nSPS) is 15.6. The second kappa shape index (κ2) is 13.3. The van der Waals surface area contributed by atoms with Crippen molar-refractivity contribution < 1.29 is 19.0 Å². The van der Waals surface area contributed by atoms with Crippen LogP contribution in [0.4, 0.5) is 15.8 Å². The smallest absolute Gasteiger partial charge is 0.319 e. The zero-order chi connectivity index (χ0) is 25.3. The number of carboxylic acid groups (broad SMARTS) is 1. The third-order valence-electron chi connectivity index (χ3n) is 5.78. The summed E-state index contributed by atoms with van der Waals surface area (Å²) in [4.78, 5) is 15.0. The Kier molecular flexibility index (Phi) is 11.1. The lowest BCUT2D eigenvalue weighted by molar-refractivity contribution is -0.138. The van der Waals surface area contributed by atoms with Crippen LogP contribution >= 0.6 is 23.5 Å². The van der Waals surface area contributed by atoms with Gasteiger partial charge < -0.3 is 14.7 Å². The fraction of sp³-hybridized carbons (Fsp3) is 0.519. The average Bonchev–Trinajstić information content (AvgIpc) is 3.01. The first-order valence-corrected chi connectivity index (χ1v) is 14.0. The maximum atomic E-state index is 13.6. The number of halogens is 1. The van der Waals surface area contributed by atoms with Crippen LogP contribution in [0.5, 0.6) is 5.75 Å². The molecular formula is C27H38FNO3S2. The molecule has 0 aromatic heterocycles. The Labute approximate surface area is 212 Å². The third kappa shape index (κ3) is 7.32. The zero-order valence-corrected chi connectivity index (χ0v) is 22.8. The molecule has 0 fully saturated rings. The molecule has 0 aliphatic carbocycles. The Morgan fingerprint density at radius 3 is 2.53 bits per heavy atom. The van der Waals surface area contributed by atoms with Gasteiger partial charge in [0.1, 0.15) is 16.3 Å². The molecule has 7 heteroatoms. The van der Waals surface area contributed by atoms with Crippen LogP contribution < -0.4 is 9.64 Å². The molecule has 0 radical (unpaired) electrons. The highest BCUT2D eigenvalue weighted by atomic mass is 32.2. The maximum absolute atomic E-state index is 13.6. The Morgan fingerprint density at radius 2 is 1.94 bits per heavy atom. The van der Waals surface area contributed by atoms with Crippen molar-refractivity contribution in [3.8, 4) is 5.75 Å². The van der Waals surface area contributed by atoms with Gasteiger partial charge >= 0.3 is 5.97 Å². The molecule has 1 heterocycles. The molecule has 0 spiro atoms. The molecule has 3 rings (SSSR count). The topological polar surface area (TPSA) is 49.8 Å². The predicted octanol–water partition coefficient (Wildman–Crippen LogP) is 8.01. The summed E-state index contributed by atoms with van der Waals surface area (Å²) in [5.41, 5.74) is 3.01. The number of unbranched alkanes of at least 4 members (excludes halogenated alkanes) is 1. The minimum Gasteiger partial charge on any atom is -0.496 e. The summed E-state index contributed by atoms with van der Waals surface area (Å²) in [7, 11) is 1.65. The number of aliphatic carboxylic acids is 1. The molecule has 1 N–H and O–H groups in total. The Bertz CT molecular complexity index is 934. The molecule has 0 saturated carbocycles. The number of anilines is 2. The van der Waals surface area contributed by atoms with E-state index in [0.717, 1.165) is 46.3 Å². The van der Waals surface area contributed by atoms with Crippen LogP contribution in [0.25, 0.3) is 0 Å². The minimum atomic E-state index is -0.879. The number of hydrogen-bond donors (Lipinski definition) is 1. The van der Waals surface area contributed by atoms with Crippen LogP contribution in [0.3, 0.4) is 0 Å². The summed E-state index contributed by atoms with van der Waals surface area (Å²) in [5, 5.41) is 9.47. The molecule has 2 aromatic rings. The van der Waals surface area contributed by atoms with Crippen molar-refractivity contribution in [2.45, 2.75) is 69.3 Å². The minimum absolute atomic E-state index is 0.244. The first kappa shape index (κ1) is 28.4. The van der Waals surface area contributed by atoms with Gasteiger partial charge in [-0.1, -0.05) is 33.6 Å². The van der Waals surface area contributed by atoms with Crippen molar-refractivity contribution >= 4 is 40.9 Å². The van der Waals surface area contributed by atoms with Gasteiger partial charge in [0.25, 0.3) is 0 Å². The van der Waals surface area contributed by atoms with E-state index in [4.69, 9.17) is 4.74 Å². The Hall–Kier alpha value is -1.86. The van der Waals surface area contributed by atoms with Crippen LogP contribution in [-0.2, 0) is 10.5 Å². The lowest BCUT2D eigenvalue weighted by Gasteiger charge is -2.28. The molecule has 188 valence electrons. The van der Waals surface area contributed by atoms with Crippen molar-refractivity contribution in [1.82, 2.24) is 0 Å². The molecule has 1 atom stereocenters. The molecule has 1 unspecified atom stereocenters. The summed E-state index contributed by atoms with van der Waals surface area (Å²) in [5.74, 6) is 1.76. The van der Waals surface area contributed by atoms with Gasteiger partial charge in [0, 0.05) is 40.3 Å². The zero-order valence-electron chi connectivity index (χ0n) is 21.2. The van der Waals surface area contributed by atoms with E-state index in [9.17, 15) is 14.3 Å². The van der Waals surface area contributed by atoms with Crippen LogP contribution in [0.15, 0.2) is 41.3 Å². The van der Waals surface area contributed by atoms with Crippen molar-refractivity contribution in [3.63, 3.8) is 0 Å². The standard InChI is InChI=1S/C25H32FNO3S2.C2H6/c1-5-6-7-17-14-27(20-10-8-19(26)9-11-20)21-13-22(30-4)18(12-23(21)31-15-17)16-32-25(2,3)24(28)29;1-2/h8-13,17H,5-7,14-16H2,1-4H3,(H,28,29);1-2H3. The number of carboxylic acids is 1. The summed E-state index contributed by atoms with van der Waals surface area (Å²) in [6.45, 7) is 10.5. The molecule has 1 aliphatic rings. The molecule has 0 amide bonds. The van der Waals surface area contributed by atoms with E-state index < -0.39 is 10.7 Å². The van der Waals surface area contributed by atoms with Crippen LogP contribution in [0, 0.1) is 11.7 Å². The van der Waals surface area contributed by atoms with E-state index in [-0.39, 0.29) is 5.82 Å². The maximum Gasteiger partial charge on any atom is 0.319 e. The summed E-state index contributed by atoms with van der Waals surface area (Å²) in [6, 6.07) is 10.9. The molecule has 0 bridgehead atoms. The van der Waals surface area contributed by atoms with E-state index in [2.05, 4.69) is 24.0 Å². The number of thioether (sulfide) groups is 2. The van der Waals surface area contributed by atoms with Crippen molar-refractivity contribution in [2.24, 2.45) is 5.92 Å². The average molecular weight is 508 g/mol. The Morgan fingerprint density at radius 1 is 1.26 bits per heavy atom. The predicted molar refractivity (Wildman–Crippen MR) is 144 cm³/mol. The fourth-order valence-corrected chi connectivity index (χ4v) is 5.79. The fourth-order valence-electron chi connectivity index (χ4n) is 3.69. The van der Waals surface area contributed by atoms with Gasteiger partial charge in [-0.2, -0.15) is 0 Å². The number of rotatable bonds is 9. The van der Waals surface area contributed by atoms with E-state index in [1.807, 2.05) is 37.7 Å². The molecular weight excluding hydrogens is 469 g/mol. The van der Waals surface area contributed by atoms with E-state index in [1.54, 1.807) is 21.0 Å². The Balaban J connectivity index is 0.00000199. The van der Waals surface area contributed by atoms with E-state index in [0.29, 0.717) is 11.7 Å². The second-order valence-corrected chi connectivity index (χ2v) is 11.3. The molecule has 1 aliphatic heterocycles.